The third kappa shape index (κ3) is 4.04. The van der Waals surface area contributed by atoms with Gasteiger partial charge in [-0.15, -0.1) is 11.3 Å². The topological polar surface area (TPSA) is 21.3 Å². The molecule has 2 nitrogen and oxygen atoms in total. The second kappa shape index (κ2) is 6.68. The summed E-state index contributed by atoms with van der Waals surface area (Å²) in [7, 11) is 0. The molecule has 0 saturated carbocycles. The Hall–Kier alpha value is -1.39. The van der Waals surface area contributed by atoms with Gasteiger partial charge in [-0.25, -0.2) is 4.39 Å². The number of benzene rings is 1. The van der Waals surface area contributed by atoms with Crippen LogP contribution in [0.25, 0.3) is 0 Å². The number of aryl methyl sites for hydroxylation is 1. The minimum absolute atomic E-state index is 0.310. The normalized spacial score (nSPS) is 10.7. The Labute approximate surface area is 117 Å². The number of hydrogen-bond acceptors (Lipinski definition) is 3. The molecular formula is C15H18FNOS. The molecule has 0 aliphatic carbocycles. The monoisotopic (exact) mass is 279 g/mol. The van der Waals surface area contributed by atoms with Crippen molar-refractivity contribution in [2.45, 2.75) is 27.0 Å². The maximum atomic E-state index is 13.5. The standard InChI is InChI=1S/C15H18FNOS/c1-3-17-9-12-5-6-13(19-12)10-18-15-8-11(2)4-7-14(15)16/h4-8,17H,3,9-10H2,1-2H3. The van der Waals surface area contributed by atoms with Gasteiger partial charge >= 0.3 is 0 Å². The zero-order valence-electron chi connectivity index (χ0n) is 11.2. The molecule has 2 rings (SSSR count). The Morgan fingerprint density at radius 2 is 2.00 bits per heavy atom. The van der Waals surface area contributed by atoms with Gasteiger partial charge in [0.1, 0.15) is 6.61 Å². The molecule has 0 fully saturated rings. The summed E-state index contributed by atoms with van der Waals surface area (Å²) in [4.78, 5) is 2.37. The number of rotatable bonds is 6. The van der Waals surface area contributed by atoms with E-state index in [1.807, 2.05) is 13.0 Å². The van der Waals surface area contributed by atoms with Gasteiger partial charge in [0.05, 0.1) is 0 Å². The van der Waals surface area contributed by atoms with E-state index < -0.39 is 0 Å². The van der Waals surface area contributed by atoms with Crippen molar-refractivity contribution >= 4 is 11.3 Å². The summed E-state index contributed by atoms with van der Waals surface area (Å²) in [5.41, 5.74) is 0.996. The smallest absolute Gasteiger partial charge is 0.165 e. The lowest BCUT2D eigenvalue weighted by atomic mass is 10.2. The lowest BCUT2D eigenvalue weighted by Crippen LogP contribution is -2.10. The van der Waals surface area contributed by atoms with Gasteiger partial charge in [-0.1, -0.05) is 13.0 Å². The van der Waals surface area contributed by atoms with Crippen LogP contribution in [0.3, 0.4) is 0 Å². The fraction of sp³-hybridized carbons (Fsp3) is 0.333. The Morgan fingerprint density at radius 3 is 2.79 bits per heavy atom. The van der Waals surface area contributed by atoms with E-state index in [2.05, 4.69) is 18.3 Å². The van der Waals surface area contributed by atoms with Crippen LogP contribution in [-0.2, 0) is 13.2 Å². The van der Waals surface area contributed by atoms with Gasteiger partial charge in [0, 0.05) is 16.3 Å². The number of thiophene rings is 1. The molecule has 1 heterocycles. The van der Waals surface area contributed by atoms with Crippen molar-refractivity contribution in [2.24, 2.45) is 0 Å². The fourth-order valence-corrected chi connectivity index (χ4v) is 2.61. The van der Waals surface area contributed by atoms with Gasteiger partial charge in [-0.3, -0.25) is 0 Å². The molecule has 1 aromatic heterocycles. The van der Waals surface area contributed by atoms with Crippen LogP contribution >= 0.6 is 11.3 Å². The minimum Gasteiger partial charge on any atom is -0.485 e. The van der Waals surface area contributed by atoms with E-state index in [4.69, 9.17) is 4.74 Å². The van der Waals surface area contributed by atoms with Crippen LogP contribution < -0.4 is 10.1 Å². The van der Waals surface area contributed by atoms with Crippen LogP contribution in [0.2, 0.25) is 0 Å². The Bertz CT molecular complexity index is 539. The second-order valence-electron chi connectivity index (χ2n) is 4.37. The zero-order valence-corrected chi connectivity index (χ0v) is 12.0. The highest BCUT2D eigenvalue weighted by Crippen LogP contribution is 2.22. The summed E-state index contributed by atoms with van der Waals surface area (Å²) in [5.74, 6) is 0.0108. The van der Waals surface area contributed by atoms with E-state index in [1.165, 1.54) is 10.9 Å². The summed E-state index contributed by atoms with van der Waals surface area (Å²) in [6.45, 7) is 6.25. The Kier molecular flexibility index (Phi) is 4.93. The maximum absolute atomic E-state index is 13.5. The molecular weight excluding hydrogens is 261 g/mol. The molecule has 0 radical (unpaired) electrons. The molecule has 4 heteroatoms. The van der Waals surface area contributed by atoms with Gasteiger partial charge < -0.3 is 10.1 Å². The first-order valence-corrected chi connectivity index (χ1v) is 7.18. The summed E-state index contributed by atoms with van der Waals surface area (Å²) in [6, 6.07) is 9.02. The van der Waals surface area contributed by atoms with Crippen molar-refractivity contribution in [1.82, 2.24) is 5.32 Å². The highest BCUT2D eigenvalue weighted by Gasteiger charge is 2.05. The van der Waals surface area contributed by atoms with E-state index in [0.717, 1.165) is 23.5 Å². The van der Waals surface area contributed by atoms with E-state index in [1.54, 1.807) is 23.5 Å². The molecule has 102 valence electrons. The molecule has 1 aromatic carbocycles. The summed E-state index contributed by atoms with van der Waals surface area (Å²) in [6.07, 6.45) is 0. The molecule has 0 atom stereocenters. The van der Waals surface area contributed by atoms with Crippen LogP contribution in [0.5, 0.6) is 5.75 Å². The van der Waals surface area contributed by atoms with E-state index >= 15 is 0 Å². The van der Waals surface area contributed by atoms with Gasteiger partial charge in [0.2, 0.25) is 0 Å². The van der Waals surface area contributed by atoms with Gasteiger partial charge in [-0.05, 0) is 43.3 Å². The summed E-state index contributed by atoms with van der Waals surface area (Å²) in [5, 5.41) is 3.28. The average Bonchev–Trinajstić information content (AvgIpc) is 2.85. The quantitative estimate of drug-likeness (QED) is 0.866. The van der Waals surface area contributed by atoms with Crippen molar-refractivity contribution in [3.05, 3.63) is 51.5 Å². The molecule has 0 aliphatic heterocycles. The Morgan fingerprint density at radius 1 is 1.21 bits per heavy atom. The average molecular weight is 279 g/mol. The first-order valence-electron chi connectivity index (χ1n) is 6.36. The first-order chi connectivity index (χ1) is 9.19. The van der Waals surface area contributed by atoms with Gasteiger partial charge in [-0.2, -0.15) is 0 Å². The number of nitrogens with one attached hydrogen (secondary N) is 1. The lowest BCUT2D eigenvalue weighted by molar-refractivity contribution is 0.293. The SMILES string of the molecule is CCNCc1ccc(COc2cc(C)ccc2F)s1. The van der Waals surface area contributed by atoms with Gasteiger partial charge in [0.15, 0.2) is 11.6 Å². The Balaban J connectivity index is 1.94. The molecule has 0 saturated heterocycles. The summed E-state index contributed by atoms with van der Waals surface area (Å²) < 4.78 is 19.0. The number of hydrogen-bond donors (Lipinski definition) is 1. The van der Waals surface area contributed by atoms with Crippen molar-refractivity contribution in [2.75, 3.05) is 6.54 Å². The minimum atomic E-state index is -0.310. The molecule has 0 bridgehead atoms. The molecule has 0 amide bonds. The largest absolute Gasteiger partial charge is 0.485 e. The summed E-state index contributed by atoms with van der Waals surface area (Å²) >= 11 is 1.69. The molecule has 0 unspecified atom stereocenters. The number of ether oxygens (including phenoxy) is 1. The molecule has 0 spiro atoms. The molecule has 19 heavy (non-hydrogen) atoms. The van der Waals surface area contributed by atoms with E-state index in [-0.39, 0.29) is 5.82 Å². The lowest BCUT2D eigenvalue weighted by Gasteiger charge is -2.06. The van der Waals surface area contributed by atoms with Gasteiger partial charge in [0.25, 0.3) is 0 Å². The van der Waals surface area contributed by atoms with Crippen LogP contribution in [0.15, 0.2) is 30.3 Å². The molecule has 2 aromatic rings. The van der Waals surface area contributed by atoms with E-state index in [0.29, 0.717) is 12.4 Å². The van der Waals surface area contributed by atoms with Crippen LogP contribution in [0, 0.1) is 12.7 Å². The number of halogens is 1. The van der Waals surface area contributed by atoms with Crippen LogP contribution in [0.4, 0.5) is 4.39 Å². The zero-order chi connectivity index (χ0) is 13.7. The third-order valence-corrected chi connectivity index (χ3v) is 3.78. The third-order valence-electron chi connectivity index (χ3n) is 2.72. The van der Waals surface area contributed by atoms with Crippen molar-refractivity contribution < 1.29 is 9.13 Å². The van der Waals surface area contributed by atoms with Crippen LogP contribution in [-0.4, -0.2) is 6.54 Å². The molecule has 1 N–H and O–H groups in total. The predicted octanol–water partition coefficient (Wildman–Crippen LogP) is 3.88. The maximum Gasteiger partial charge on any atom is 0.165 e. The van der Waals surface area contributed by atoms with Crippen molar-refractivity contribution in [3.63, 3.8) is 0 Å². The van der Waals surface area contributed by atoms with E-state index in [9.17, 15) is 4.39 Å². The fourth-order valence-electron chi connectivity index (χ4n) is 1.71. The highest BCUT2D eigenvalue weighted by atomic mass is 32.1. The second-order valence-corrected chi connectivity index (χ2v) is 5.62. The van der Waals surface area contributed by atoms with Crippen molar-refractivity contribution in [1.29, 1.82) is 0 Å². The van der Waals surface area contributed by atoms with Crippen LogP contribution in [0.1, 0.15) is 22.2 Å². The molecule has 0 aliphatic rings. The predicted molar refractivity (Wildman–Crippen MR) is 77.2 cm³/mol. The highest BCUT2D eigenvalue weighted by molar-refractivity contribution is 7.11. The first kappa shape index (κ1) is 14.0. The van der Waals surface area contributed by atoms with Crippen molar-refractivity contribution in [3.8, 4) is 5.75 Å².